The van der Waals surface area contributed by atoms with Crippen LogP contribution in [0.4, 0.5) is 4.79 Å². The second kappa shape index (κ2) is 7.63. The van der Waals surface area contributed by atoms with Crippen molar-refractivity contribution in [1.82, 2.24) is 15.5 Å². The Hall–Kier alpha value is -2.12. The Balaban J connectivity index is 2.24. The Kier molecular flexibility index (Phi) is 5.93. The Morgan fingerprint density at radius 3 is 2.35 bits per heavy atom. The standard InChI is InChI=1S/C18H24ClN3O4/c1-17(2,3)26-16(23)20-13(10-11-6-8-12(19)9-7-11)14-21-22-15(25-14)18(4,5)24/h6-9,13,24H,10H2,1-5H3,(H,20,23)/t13-/m0/s1. The average Bonchev–Trinajstić information content (AvgIpc) is 2.97. The zero-order valence-electron chi connectivity index (χ0n) is 15.5. The normalized spacial score (nSPS) is 13.3. The lowest BCUT2D eigenvalue weighted by molar-refractivity contribution is 0.0441. The van der Waals surface area contributed by atoms with E-state index in [0.717, 1.165) is 5.56 Å². The number of carbonyl (C=O) groups is 1. The third kappa shape index (κ3) is 6.00. The molecule has 0 saturated heterocycles. The molecule has 1 amide bonds. The maximum absolute atomic E-state index is 12.2. The summed E-state index contributed by atoms with van der Waals surface area (Å²) >= 11 is 5.92. The highest BCUT2D eigenvalue weighted by molar-refractivity contribution is 6.30. The minimum atomic E-state index is -1.28. The van der Waals surface area contributed by atoms with Gasteiger partial charge in [0.15, 0.2) is 0 Å². The molecule has 0 radical (unpaired) electrons. The van der Waals surface area contributed by atoms with E-state index in [1.165, 1.54) is 0 Å². The van der Waals surface area contributed by atoms with Crippen LogP contribution in [-0.2, 0) is 16.8 Å². The van der Waals surface area contributed by atoms with Gasteiger partial charge in [-0.2, -0.15) is 0 Å². The van der Waals surface area contributed by atoms with Crippen LogP contribution < -0.4 is 5.32 Å². The van der Waals surface area contributed by atoms with Crippen molar-refractivity contribution in [2.24, 2.45) is 0 Å². The van der Waals surface area contributed by atoms with Crippen molar-refractivity contribution in [1.29, 1.82) is 0 Å². The largest absolute Gasteiger partial charge is 0.444 e. The van der Waals surface area contributed by atoms with Gasteiger partial charge in [0, 0.05) is 11.4 Å². The summed E-state index contributed by atoms with van der Waals surface area (Å²) in [6, 6.07) is 6.60. The molecule has 0 unspecified atom stereocenters. The van der Waals surface area contributed by atoms with Crippen LogP contribution in [0, 0.1) is 0 Å². The Morgan fingerprint density at radius 2 is 1.85 bits per heavy atom. The number of hydrogen-bond donors (Lipinski definition) is 2. The molecule has 2 N–H and O–H groups in total. The number of nitrogens with one attached hydrogen (secondary N) is 1. The van der Waals surface area contributed by atoms with Crippen molar-refractivity contribution >= 4 is 17.7 Å². The third-order valence-electron chi connectivity index (χ3n) is 3.31. The van der Waals surface area contributed by atoms with Crippen LogP contribution in [0.3, 0.4) is 0 Å². The average molecular weight is 382 g/mol. The highest BCUT2D eigenvalue weighted by Gasteiger charge is 2.29. The first-order chi connectivity index (χ1) is 11.9. The molecule has 142 valence electrons. The topological polar surface area (TPSA) is 97.5 Å². The van der Waals surface area contributed by atoms with E-state index in [0.29, 0.717) is 11.4 Å². The van der Waals surface area contributed by atoms with Gasteiger partial charge in [0.2, 0.25) is 11.8 Å². The molecule has 7 nitrogen and oxygen atoms in total. The number of aromatic nitrogens is 2. The van der Waals surface area contributed by atoms with Crippen molar-refractivity contribution in [2.45, 2.75) is 58.3 Å². The minimum Gasteiger partial charge on any atom is -0.444 e. The molecule has 0 fully saturated rings. The second-order valence-corrected chi connectivity index (χ2v) is 7.97. The van der Waals surface area contributed by atoms with Gasteiger partial charge in [0.05, 0.1) is 0 Å². The fraction of sp³-hybridized carbons (Fsp3) is 0.500. The number of nitrogens with zero attached hydrogens (tertiary/aromatic N) is 2. The second-order valence-electron chi connectivity index (χ2n) is 7.53. The van der Waals surface area contributed by atoms with Crippen LogP contribution in [-0.4, -0.2) is 27.0 Å². The number of ether oxygens (including phenoxy) is 1. The molecule has 2 rings (SSSR count). The lowest BCUT2D eigenvalue weighted by Crippen LogP contribution is -2.36. The lowest BCUT2D eigenvalue weighted by atomic mass is 10.1. The van der Waals surface area contributed by atoms with E-state index >= 15 is 0 Å². The summed E-state index contributed by atoms with van der Waals surface area (Å²) in [7, 11) is 0. The number of hydrogen-bond acceptors (Lipinski definition) is 6. The molecular formula is C18H24ClN3O4. The molecule has 8 heteroatoms. The predicted molar refractivity (Wildman–Crippen MR) is 96.8 cm³/mol. The summed E-state index contributed by atoms with van der Waals surface area (Å²) in [4.78, 5) is 12.2. The molecule has 0 aliphatic rings. The summed E-state index contributed by atoms with van der Waals surface area (Å²) < 4.78 is 10.9. The summed E-state index contributed by atoms with van der Waals surface area (Å²) in [5.41, 5.74) is -0.997. The molecule has 1 atom stereocenters. The molecule has 0 saturated carbocycles. The van der Waals surface area contributed by atoms with E-state index in [1.807, 2.05) is 12.1 Å². The zero-order chi connectivity index (χ0) is 19.5. The van der Waals surface area contributed by atoms with Crippen molar-refractivity contribution in [3.05, 3.63) is 46.6 Å². The highest BCUT2D eigenvalue weighted by atomic mass is 35.5. The molecule has 26 heavy (non-hydrogen) atoms. The Labute approximate surface area is 157 Å². The Morgan fingerprint density at radius 1 is 1.23 bits per heavy atom. The quantitative estimate of drug-likeness (QED) is 0.818. The first kappa shape index (κ1) is 20.2. The SMILES string of the molecule is CC(C)(C)OC(=O)N[C@@H](Cc1ccc(Cl)cc1)c1nnc(C(C)(C)O)o1. The van der Waals surface area contributed by atoms with Crippen LogP contribution in [0.5, 0.6) is 0 Å². The molecule has 0 aliphatic carbocycles. The van der Waals surface area contributed by atoms with E-state index in [2.05, 4.69) is 15.5 Å². The van der Waals surface area contributed by atoms with Gasteiger partial charge in [-0.05, 0) is 52.3 Å². The molecule has 1 heterocycles. The molecule has 1 aromatic heterocycles. The molecular weight excluding hydrogens is 358 g/mol. The van der Waals surface area contributed by atoms with Crippen LogP contribution in [0.1, 0.15) is 58.0 Å². The van der Waals surface area contributed by atoms with Gasteiger partial charge in [-0.15, -0.1) is 10.2 Å². The van der Waals surface area contributed by atoms with Crippen molar-refractivity contribution < 1.29 is 19.1 Å². The van der Waals surface area contributed by atoms with Gasteiger partial charge < -0.3 is 19.6 Å². The van der Waals surface area contributed by atoms with Gasteiger partial charge >= 0.3 is 6.09 Å². The molecule has 0 aliphatic heterocycles. The number of amides is 1. The number of halogens is 1. The van der Waals surface area contributed by atoms with Gasteiger partial charge in [0.1, 0.15) is 17.2 Å². The van der Waals surface area contributed by atoms with E-state index in [4.69, 9.17) is 20.8 Å². The van der Waals surface area contributed by atoms with Crippen LogP contribution in [0.2, 0.25) is 5.02 Å². The molecule has 0 spiro atoms. The minimum absolute atomic E-state index is 0.0691. The molecule has 1 aromatic carbocycles. The maximum atomic E-state index is 12.2. The van der Waals surface area contributed by atoms with Crippen molar-refractivity contribution in [2.75, 3.05) is 0 Å². The van der Waals surface area contributed by atoms with E-state index < -0.39 is 23.3 Å². The summed E-state index contributed by atoms with van der Waals surface area (Å²) in [5.74, 6) is 0.252. The first-order valence-corrected chi connectivity index (χ1v) is 8.62. The highest BCUT2D eigenvalue weighted by Crippen LogP contribution is 2.24. The summed E-state index contributed by atoms with van der Waals surface area (Å²) in [6.45, 7) is 8.42. The van der Waals surface area contributed by atoms with E-state index in [9.17, 15) is 9.90 Å². The number of carbonyl (C=O) groups excluding carboxylic acids is 1. The van der Waals surface area contributed by atoms with Crippen LogP contribution in [0.15, 0.2) is 28.7 Å². The smallest absolute Gasteiger partial charge is 0.408 e. The fourth-order valence-electron chi connectivity index (χ4n) is 2.13. The van der Waals surface area contributed by atoms with Gasteiger partial charge in [0.25, 0.3) is 0 Å². The summed E-state index contributed by atoms with van der Waals surface area (Å²) in [6.07, 6.45) is -0.205. The van der Waals surface area contributed by atoms with Crippen LogP contribution >= 0.6 is 11.6 Å². The number of aliphatic hydroxyl groups is 1. The Bertz CT molecular complexity index is 745. The van der Waals surface area contributed by atoms with Gasteiger partial charge in [-0.25, -0.2) is 4.79 Å². The van der Waals surface area contributed by atoms with E-state index in [1.54, 1.807) is 46.8 Å². The van der Waals surface area contributed by atoms with Gasteiger partial charge in [-0.1, -0.05) is 23.7 Å². The number of benzene rings is 1. The fourth-order valence-corrected chi connectivity index (χ4v) is 2.25. The number of rotatable bonds is 5. The molecule has 2 aromatic rings. The first-order valence-electron chi connectivity index (χ1n) is 8.24. The maximum Gasteiger partial charge on any atom is 0.408 e. The third-order valence-corrected chi connectivity index (χ3v) is 3.56. The zero-order valence-corrected chi connectivity index (χ0v) is 16.3. The van der Waals surface area contributed by atoms with Crippen molar-refractivity contribution in [3.8, 4) is 0 Å². The van der Waals surface area contributed by atoms with Crippen molar-refractivity contribution in [3.63, 3.8) is 0 Å². The number of alkyl carbamates (subject to hydrolysis) is 1. The monoisotopic (exact) mass is 381 g/mol. The van der Waals surface area contributed by atoms with E-state index in [-0.39, 0.29) is 11.8 Å². The van der Waals surface area contributed by atoms with Gasteiger partial charge in [-0.3, -0.25) is 0 Å². The molecule has 0 bridgehead atoms. The van der Waals surface area contributed by atoms with Crippen LogP contribution in [0.25, 0.3) is 0 Å². The summed E-state index contributed by atoms with van der Waals surface area (Å²) in [5, 5.41) is 21.2. The lowest BCUT2D eigenvalue weighted by Gasteiger charge is -2.22. The predicted octanol–water partition coefficient (Wildman–Crippen LogP) is 3.76.